The van der Waals surface area contributed by atoms with Gasteiger partial charge in [0.15, 0.2) is 0 Å². The first-order valence-corrected chi connectivity index (χ1v) is 17.5. The maximum Gasteiger partial charge on any atom is 0.343 e. The van der Waals surface area contributed by atoms with E-state index >= 15 is 0 Å². The molecule has 2 N–H and O–H groups in total. The summed E-state index contributed by atoms with van der Waals surface area (Å²) in [6.45, 7) is 35.3. The molecule has 5 heteroatoms. The Balaban J connectivity index is 2.41. The number of aromatic carboxylic acids is 1. The Hall–Kier alpha value is -3.60. The highest BCUT2D eigenvalue weighted by molar-refractivity contribution is 6.00. The molecule has 0 saturated carbocycles. The van der Waals surface area contributed by atoms with E-state index in [1.807, 2.05) is 95.2 Å². The van der Waals surface area contributed by atoms with E-state index in [4.69, 9.17) is 4.74 Å². The first-order chi connectivity index (χ1) is 21.9. The topological polar surface area (TPSA) is 83.8 Å². The molecule has 3 aromatic rings. The summed E-state index contributed by atoms with van der Waals surface area (Å²) >= 11 is 0. The van der Waals surface area contributed by atoms with Gasteiger partial charge in [-0.05, 0) is 68.2 Å². The number of rotatable bonds is 6. The highest BCUT2D eigenvalue weighted by Crippen LogP contribution is 2.48. The number of aromatic hydroxyl groups is 1. The van der Waals surface area contributed by atoms with E-state index in [-0.39, 0.29) is 22.1 Å². The van der Waals surface area contributed by atoms with Crippen molar-refractivity contribution < 1.29 is 24.5 Å². The second kappa shape index (κ2) is 12.9. The molecule has 0 amide bonds. The van der Waals surface area contributed by atoms with Crippen LogP contribution in [0.4, 0.5) is 0 Å². The van der Waals surface area contributed by atoms with Crippen molar-refractivity contribution >= 4 is 11.9 Å². The molecule has 0 aliphatic carbocycles. The second-order valence-corrected chi connectivity index (χ2v) is 19.9. The number of esters is 1. The molecule has 0 aromatic heterocycles. The van der Waals surface area contributed by atoms with Crippen molar-refractivity contribution in [3.05, 3.63) is 81.4 Å². The van der Waals surface area contributed by atoms with Gasteiger partial charge in [-0.15, -0.1) is 0 Å². The molecule has 0 unspecified atom stereocenters. The molecular weight excluding hydrogens is 608 g/mol. The van der Waals surface area contributed by atoms with Crippen LogP contribution in [-0.4, -0.2) is 22.2 Å². The maximum atomic E-state index is 14.4. The molecule has 0 atom stereocenters. The molecule has 0 spiro atoms. The van der Waals surface area contributed by atoms with E-state index in [0.717, 1.165) is 12.0 Å². The fourth-order valence-corrected chi connectivity index (χ4v) is 7.08. The molecule has 0 fully saturated rings. The van der Waals surface area contributed by atoms with Crippen LogP contribution in [-0.2, 0) is 27.1 Å². The third-order valence-electron chi connectivity index (χ3n) is 9.15. The molecule has 3 rings (SSSR count). The number of hydrogen-bond donors (Lipinski definition) is 2. The number of ether oxygens (including phenoxy) is 1. The van der Waals surface area contributed by atoms with Crippen LogP contribution in [0.15, 0.2) is 42.5 Å². The number of carbonyl (C=O) groups excluding carboxylic acids is 1. The fraction of sp³-hybridized carbons (Fsp3) is 0.545. The van der Waals surface area contributed by atoms with Gasteiger partial charge in [0.1, 0.15) is 11.5 Å². The summed E-state index contributed by atoms with van der Waals surface area (Å²) < 4.78 is 6.51. The molecule has 5 nitrogen and oxygen atoms in total. The smallest absolute Gasteiger partial charge is 0.343 e. The van der Waals surface area contributed by atoms with Crippen molar-refractivity contribution in [3.8, 4) is 22.6 Å². The normalized spacial score (nSPS) is 13.4. The predicted octanol–water partition coefficient (Wildman–Crippen LogP) is 11.9. The summed E-state index contributed by atoms with van der Waals surface area (Å²) in [5, 5.41) is 22.0. The molecule has 0 radical (unpaired) electrons. The Morgan fingerprint density at radius 2 is 1.08 bits per heavy atom. The lowest BCUT2D eigenvalue weighted by Gasteiger charge is -2.34. The number of carboxylic acids is 1. The van der Waals surface area contributed by atoms with Crippen molar-refractivity contribution in [2.75, 3.05) is 0 Å². The van der Waals surface area contributed by atoms with Crippen molar-refractivity contribution in [1.82, 2.24) is 0 Å². The number of hydrogen-bond acceptors (Lipinski definition) is 4. The molecule has 0 saturated heterocycles. The Kier molecular flexibility index (Phi) is 10.5. The lowest BCUT2D eigenvalue weighted by atomic mass is 9.71. The Morgan fingerprint density at radius 1 is 0.633 bits per heavy atom. The van der Waals surface area contributed by atoms with Crippen LogP contribution in [0.3, 0.4) is 0 Å². The summed E-state index contributed by atoms with van der Waals surface area (Å²) in [4.78, 5) is 27.4. The molecule has 49 heavy (non-hydrogen) atoms. The van der Waals surface area contributed by atoms with Gasteiger partial charge in [0.05, 0.1) is 11.1 Å². The first-order valence-electron chi connectivity index (χ1n) is 17.5. The molecule has 0 bridgehead atoms. The minimum Gasteiger partial charge on any atom is -0.507 e. The predicted molar refractivity (Wildman–Crippen MR) is 204 cm³/mol. The van der Waals surface area contributed by atoms with Gasteiger partial charge in [-0.25, -0.2) is 9.59 Å². The quantitative estimate of drug-likeness (QED) is 0.201. The second-order valence-electron chi connectivity index (χ2n) is 19.9. The average molecular weight is 671 g/mol. The zero-order chi connectivity index (χ0) is 37.9. The summed E-state index contributed by atoms with van der Waals surface area (Å²) in [6.07, 6.45) is 0.985. The molecule has 0 aliphatic heterocycles. The molecule has 0 aliphatic rings. The van der Waals surface area contributed by atoms with Crippen LogP contribution < -0.4 is 4.74 Å². The zero-order valence-corrected chi connectivity index (χ0v) is 33.4. The van der Waals surface area contributed by atoms with Crippen LogP contribution >= 0.6 is 0 Å². The van der Waals surface area contributed by atoms with Gasteiger partial charge in [0, 0.05) is 27.8 Å². The van der Waals surface area contributed by atoms with Gasteiger partial charge < -0.3 is 14.9 Å². The average Bonchev–Trinajstić information content (AvgIpc) is 2.88. The Bertz CT molecular complexity index is 1680. The van der Waals surface area contributed by atoms with Gasteiger partial charge in [-0.3, -0.25) is 0 Å². The summed E-state index contributed by atoms with van der Waals surface area (Å²) in [5.74, 6) is -1.03. The summed E-state index contributed by atoms with van der Waals surface area (Å²) in [7, 11) is 0. The van der Waals surface area contributed by atoms with Crippen LogP contribution in [0.2, 0.25) is 0 Å². The Morgan fingerprint density at radius 3 is 1.45 bits per heavy atom. The SMILES string of the molecule is CC(C)(C)CC(C)(C)c1ccc(-c2c(C(=O)O)cc(C(C)(C)C)c(OC(=O)c3cc(C(C)(C)C)c(O)c(C(C)(C)C)c3)c2C(C)(C)C)cc1. The third-order valence-corrected chi connectivity index (χ3v) is 9.15. The monoisotopic (exact) mass is 670 g/mol. The number of phenolic OH excluding ortho intramolecular Hbond substituents is 1. The van der Waals surface area contributed by atoms with E-state index in [0.29, 0.717) is 39.1 Å². The fourth-order valence-electron chi connectivity index (χ4n) is 7.08. The summed E-state index contributed by atoms with van der Waals surface area (Å²) in [5.41, 5.74) is 3.64. The highest BCUT2D eigenvalue weighted by Gasteiger charge is 2.36. The van der Waals surface area contributed by atoms with Crippen LogP contribution in [0.5, 0.6) is 11.5 Å². The van der Waals surface area contributed by atoms with Gasteiger partial charge in [-0.2, -0.15) is 0 Å². The Labute approximate surface area is 296 Å². The van der Waals surface area contributed by atoms with E-state index in [1.54, 1.807) is 18.2 Å². The van der Waals surface area contributed by atoms with Crippen molar-refractivity contribution in [2.24, 2.45) is 5.41 Å². The van der Waals surface area contributed by atoms with E-state index in [1.165, 1.54) is 5.56 Å². The van der Waals surface area contributed by atoms with Crippen molar-refractivity contribution in [3.63, 3.8) is 0 Å². The largest absolute Gasteiger partial charge is 0.507 e. The lowest BCUT2D eigenvalue weighted by Crippen LogP contribution is -2.26. The minimum absolute atomic E-state index is 0.0853. The number of phenols is 1. The highest BCUT2D eigenvalue weighted by atomic mass is 16.5. The molecule has 268 valence electrons. The van der Waals surface area contributed by atoms with Crippen molar-refractivity contribution in [1.29, 1.82) is 0 Å². The number of carbonyl (C=O) groups is 2. The summed E-state index contributed by atoms with van der Waals surface area (Å²) in [6, 6.07) is 13.3. The van der Waals surface area contributed by atoms with Crippen LogP contribution in [0.1, 0.15) is 173 Å². The van der Waals surface area contributed by atoms with Gasteiger partial charge in [0.25, 0.3) is 0 Å². The van der Waals surface area contributed by atoms with E-state index in [9.17, 15) is 19.8 Å². The lowest BCUT2D eigenvalue weighted by molar-refractivity contribution is 0.0697. The van der Waals surface area contributed by atoms with Gasteiger partial charge in [0.2, 0.25) is 0 Å². The van der Waals surface area contributed by atoms with Crippen LogP contribution in [0, 0.1) is 5.41 Å². The van der Waals surface area contributed by atoms with E-state index in [2.05, 4.69) is 46.8 Å². The zero-order valence-electron chi connectivity index (χ0n) is 33.4. The third kappa shape index (κ3) is 8.96. The molecule has 0 heterocycles. The van der Waals surface area contributed by atoms with Crippen LogP contribution in [0.25, 0.3) is 11.1 Å². The number of benzene rings is 3. The maximum absolute atomic E-state index is 14.4. The number of carboxylic acid groups (broad SMARTS) is 1. The minimum atomic E-state index is -1.04. The molecule has 3 aromatic carbocycles. The standard InChI is InChI=1S/C44H62O5/c1-39(2,3)25-44(16,17)28-20-18-26(19-21-28)33-29(37(46)47)24-32(42(10,11)12)36(34(33)43(13,14)15)49-38(48)27-22-30(40(4,5)6)35(45)31(23-27)41(7,8)9/h18-24,45H,25H2,1-17H3,(H,46,47). The first kappa shape index (κ1) is 39.8. The van der Waals surface area contributed by atoms with Gasteiger partial charge >= 0.3 is 11.9 Å². The molecular formula is C44H62O5. The van der Waals surface area contributed by atoms with Gasteiger partial charge in [-0.1, -0.05) is 142 Å². The van der Waals surface area contributed by atoms with Crippen molar-refractivity contribution in [2.45, 2.75) is 151 Å². The van der Waals surface area contributed by atoms with E-state index < -0.39 is 33.6 Å².